The van der Waals surface area contributed by atoms with Gasteiger partial charge in [0.25, 0.3) is 5.56 Å². The zero-order chi connectivity index (χ0) is 20.9. The molecule has 0 aliphatic carbocycles. The molecule has 0 saturated heterocycles. The van der Waals surface area contributed by atoms with Crippen molar-refractivity contribution in [2.24, 2.45) is 0 Å². The van der Waals surface area contributed by atoms with Gasteiger partial charge in [-0.2, -0.15) is 9.61 Å². The highest BCUT2D eigenvalue weighted by Crippen LogP contribution is 2.30. The molecule has 0 fully saturated rings. The molecule has 2 aromatic heterocycles. The topological polar surface area (TPSA) is 68.6 Å². The highest BCUT2D eigenvalue weighted by Gasteiger charge is 2.17. The molecule has 4 aromatic rings. The monoisotopic (exact) mass is 421 g/mol. The van der Waals surface area contributed by atoms with Crippen LogP contribution >= 0.6 is 11.8 Å². The number of rotatable bonds is 8. The van der Waals surface area contributed by atoms with Crippen LogP contribution in [0.15, 0.2) is 81.4 Å². The van der Waals surface area contributed by atoms with Crippen molar-refractivity contribution in [2.75, 3.05) is 13.2 Å². The van der Waals surface area contributed by atoms with E-state index in [9.17, 15) is 4.79 Å². The molecule has 2 aromatic carbocycles. The number of nitrogens with one attached hydrogen (secondary N) is 1. The lowest BCUT2D eigenvalue weighted by atomic mass is 10.1. The Labute approximate surface area is 178 Å². The fourth-order valence-corrected chi connectivity index (χ4v) is 4.04. The zero-order valence-electron chi connectivity index (χ0n) is 16.9. The Morgan fingerprint density at radius 2 is 1.67 bits per heavy atom. The maximum atomic E-state index is 12.6. The number of aromatic nitrogens is 3. The van der Waals surface area contributed by atoms with Gasteiger partial charge < -0.3 is 14.5 Å². The molecule has 0 aliphatic heterocycles. The number of ether oxygens (including phenoxy) is 2. The first kappa shape index (κ1) is 20.4. The summed E-state index contributed by atoms with van der Waals surface area (Å²) in [6.07, 6.45) is 1.08. The van der Waals surface area contributed by atoms with Crippen LogP contribution in [-0.4, -0.2) is 27.8 Å². The molecule has 0 unspecified atom stereocenters. The van der Waals surface area contributed by atoms with Gasteiger partial charge in [-0.25, -0.2) is 0 Å². The summed E-state index contributed by atoms with van der Waals surface area (Å²) in [5, 5.41) is 4.26. The molecule has 30 heavy (non-hydrogen) atoms. The maximum absolute atomic E-state index is 12.6. The summed E-state index contributed by atoms with van der Waals surface area (Å²) in [7, 11) is 0. The summed E-state index contributed by atoms with van der Waals surface area (Å²) < 4.78 is 12.6. The van der Waals surface area contributed by atoms with Crippen LogP contribution in [-0.2, 0) is 9.47 Å². The summed E-state index contributed by atoms with van der Waals surface area (Å²) in [6.45, 7) is 4.74. The van der Waals surface area contributed by atoms with Crippen molar-refractivity contribution in [2.45, 2.75) is 29.9 Å². The second kappa shape index (κ2) is 9.30. The first-order chi connectivity index (χ1) is 14.7. The fourth-order valence-electron chi connectivity index (χ4n) is 3.20. The van der Waals surface area contributed by atoms with Crippen molar-refractivity contribution in [3.05, 3.63) is 82.9 Å². The number of nitrogens with zero attached hydrogens (tertiary/aromatic N) is 2. The van der Waals surface area contributed by atoms with E-state index in [4.69, 9.17) is 9.47 Å². The molecular weight excluding hydrogens is 398 g/mol. The van der Waals surface area contributed by atoms with E-state index in [1.807, 2.05) is 44.2 Å². The SMILES string of the molecule is CCOC(OCC)c1cc(=O)n2ncc(-c3ccc(Sc4ccccc4)cc3)c2[nH]1. The predicted molar refractivity (Wildman–Crippen MR) is 118 cm³/mol. The number of fused-ring (bicyclic) bond motifs is 1. The van der Waals surface area contributed by atoms with Crippen LogP contribution in [0.3, 0.4) is 0 Å². The Morgan fingerprint density at radius 1 is 1.00 bits per heavy atom. The Kier molecular flexibility index (Phi) is 6.32. The predicted octanol–water partition coefficient (Wildman–Crippen LogP) is 4.91. The van der Waals surface area contributed by atoms with Crippen LogP contribution in [0, 0.1) is 0 Å². The molecule has 0 bridgehead atoms. The number of aromatic amines is 1. The Bertz CT molecular complexity index is 1160. The second-order valence-electron chi connectivity index (χ2n) is 6.56. The summed E-state index contributed by atoms with van der Waals surface area (Å²) in [4.78, 5) is 18.2. The van der Waals surface area contributed by atoms with Crippen LogP contribution in [0.4, 0.5) is 0 Å². The Balaban J connectivity index is 1.67. The molecule has 0 saturated carbocycles. The minimum Gasteiger partial charge on any atom is -0.347 e. The van der Waals surface area contributed by atoms with Crippen LogP contribution < -0.4 is 5.56 Å². The first-order valence-corrected chi connectivity index (χ1v) is 10.7. The van der Waals surface area contributed by atoms with Gasteiger partial charge in [0.15, 0.2) is 6.29 Å². The van der Waals surface area contributed by atoms with Crippen molar-refractivity contribution in [1.29, 1.82) is 0 Å². The molecule has 0 aliphatic rings. The van der Waals surface area contributed by atoms with E-state index in [2.05, 4.69) is 34.3 Å². The highest BCUT2D eigenvalue weighted by molar-refractivity contribution is 7.99. The molecule has 7 heteroatoms. The third-order valence-corrected chi connectivity index (χ3v) is 5.57. The Hall–Kier alpha value is -2.87. The standard InChI is InChI=1S/C23H23N3O3S/c1-3-28-23(29-4-2)20-14-21(27)26-22(25-20)19(15-24-26)16-10-12-18(13-11-16)30-17-8-6-5-7-9-17/h5-15,23,25H,3-4H2,1-2H3. The number of H-pyrrole nitrogens is 1. The average molecular weight is 422 g/mol. The molecule has 0 spiro atoms. The van der Waals surface area contributed by atoms with Crippen molar-refractivity contribution < 1.29 is 9.47 Å². The largest absolute Gasteiger partial charge is 0.347 e. The Morgan fingerprint density at radius 3 is 2.33 bits per heavy atom. The molecule has 0 atom stereocenters. The molecule has 2 heterocycles. The van der Waals surface area contributed by atoms with Crippen molar-refractivity contribution in [3.8, 4) is 11.1 Å². The molecular formula is C23H23N3O3S. The molecule has 0 amide bonds. The van der Waals surface area contributed by atoms with E-state index in [-0.39, 0.29) is 5.56 Å². The van der Waals surface area contributed by atoms with Gasteiger partial charge in [-0.3, -0.25) is 4.79 Å². The average Bonchev–Trinajstić information content (AvgIpc) is 3.19. The van der Waals surface area contributed by atoms with Crippen LogP contribution in [0.2, 0.25) is 0 Å². The van der Waals surface area contributed by atoms with E-state index in [1.165, 1.54) is 15.5 Å². The first-order valence-electron chi connectivity index (χ1n) is 9.87. The normalized spacial score (nSPS) is 11.4. The van der Waals surface area contributed by atoms with Crippen LogP contribution in [0.1, 0.15) is 25.8 Å². The second-order valence-corrected chi connectivity index (χ2v) is 7.71. The van der Waals surface area contributed by atoms with Crippen molar-refractivity contribution in [3.63, 3.8) is 0 Å². The van der Waals surface area contributed by atoms with Gasteiger partial charge >= 0.3 is 0 Å². The van der Waals surface area contributed by atoms with Gasteiger partial charge in [0, 0.05) is 34.6 Å². The van der Waals surface area contributed by atoms with Crippen LogP contribution in [0.25, 0.3) is 16.8 Å². The summed E-state index contributed by atoms with van der Waals surface area (Å²) in [5.41, 5.74) is 2.78. The zero-order valence-corrected chi connectivity index (χ0v) is 17.7. The lowest BCUT2D eigenvalue weighted by Gasteiger charge is -2.17. The van der Waals surface area contributed by atoms with Gasteiger partial charge in [-0.15, -0.1) is 0 Å². The number of hydrogen-bond acceptors (Lipinski definition) is 5. The minimum absolute atomic E-state index is 0.231. The van der Waals surface area contributed by atoms with E-state index >= 15 is 0 Å². The highest BCUT2D eigenvalue weighted by atomic mass is 32.2. The molecule has 6 nitrogen and oxygen atoms in total. The molecule has 0 radical (unpaired) electrons. The molecule has 154 valence electrons. The molecule has 4 rings (SSSR count). The summed E-state index contributed by atoms with van der Waals surface area (Å²) >= 11 is 1.71. The quantitative estimate of drug-likeness (QED) is 0.409. The summed E-state index contributed by atoms with van der Waals surface area (Å²) in [6, 6.07) is 19.9. The van der Waals surface area contributed by atoms with Crippen molar-refractivity contribution in [1.82, 2.24) is 14.6 Å². The van der Waals surface area contributed by atoms with E-state index in [0.717, 1.165) is 16.0 Å². The smallest absolute Gasteiger partial charge is 0.274 e. The van der Waals surface area contributed by atoms with Gasteiger partial charge in [-0.1, -0.05) is 42.1 Å². The molecule has 1 N–H and O–H groups in total. The third-order valence-electron chi connectivity index (χ3n) is 4.55. The maximum Gasteiger partial charge on any atom is 0.274 e. The van der Waals surface area contributed by atoms with Gasteiger partial charge in [0.1, 0.15) is 5.65 Å². The van der Waals surface area contributed by atoms with Crippen molar-refractivity contribution >= 4 is 17.4 Å². The van der Waals surface area contributed by atoms with Gasteiger partial charge in [-0.05, 0) is 43.7 Å². The third kappa shape index (κ3) is 4.33. The lowest BCUT2D eigenvalue weighted by molar-refractivity contribution is -0.142. The fraction of sp³-hybridized carbons (Fsp3) is 0.217. The summed E-state index contributed by atoms with van der Waals surface area (Å²) in [5.74, 6) is 0. The minimum atomic E-state index is -0.620. The van der Waals surface area contributed by atoms with Gasteiger partial charge in [0.05, 0.1) is 11.9 Å². The lowest BCUT2D eigenvalue weighted by Crippen LogP contribution is -2.19. The van der Waals surface area contributed by atoms with E-state index in [1.54, 1.807) is 18.0 Å². The van der Waals surface area contributed by atoms with Crippen LogP contribution in [0.5, 0.6) is 0 Å². The number of hydrogen-bond donors (Lipinski definition) is 1. The van der Waals surface area contributed by atoms with E-state index in [0.29, 0.717) is 24.6 Å². The number of benzene rings is 2. The van der Waals surface area contributed by atoms with Gasteiger partial charge in [0.2, 0.25) is 0 Å². The van der Waals surface area contributed by atoms with E-state index < -0.39 is 6.29 Å².